The highest BCUT2D eigenvalue weighted by atomic mass is 16.7. The molecule has 2 heterocycles. The predicted octanol–water partition coefficient (Wildman–Crippen LogP) is 4.87. The van der Waals surface area contributed by atoms with Gasteiger partial charge >= 0.3 is 0 Å². The lowest BCUT2D eigenvalue weighted by Crippen LogP contribution is -2.37. The first-order chi connectivity index (χ1) is 16.0. The third-order valence-corrected chi connectivity index (χ3v) is 7.66. The minimum atomic E-state index is -0.288. The van der Waals surface area contributed by atoms with Gasteiger partial charge in [-0.1, -0.05) is 25.7 Å². The van der Waals surface area contributed by atoms with Gasteiger partial charge in [0.15, 0.2) is 12.6 Å². The molecule has 4 fully saturated rings. The zero-order chi connectivity index (χ0) is 23.3. The van der Waals surface area contributed by atoms with E-state index < -0.39 is 0 Å². The average molecular weight is 457 g/mol. The van der Waals surface area contributed by atoms with Crippen molar-refractivity contribution in [3.8, 4) is 23.7 Å². The SMILES string of the molecule is CC#CCC(C)(C)[C@@H](C#C[C@@H]1[C@H]2CC(=O)C[C@H]2C[C@H]1OC1CCCCO1)OC1CCCCO1. The number of rotatable bonds is 6. The van der Waals surface area contributed by atoms with E-state index in [2.05, 4.69) is 37.5 Å². The van der Waals surface area contributed by atoms with E-state index in [0.29, 0.717) is 31.0 Å². The molecule has 2 saturated heterocycles. The molecule has 5 heteroatoms. The summed E-state index contributed by atoms with van der Waals surface area (Å²) in [6, 6.07) is 0. The molecule has 5 nitrogen and oxygen atoms in total. The van der Waals surface area contributed by atoms with Crippen molar-refractivity contribution in [2.24, 2.45) is 23.2 Å². The van der Waals surface area contributed by atoms with Crippen molar-refractivity contribution < 1.29 is 23.7 Å². The Hall–Kier alpha value is -1.37. The summed E-state index contributed by atoms with van der Waals surface area (Å²) in [5, 5.41) is 0. The minimum absolute atomic E-state index is 0.0221. The summed E-state index contributed by atoms with van der Waals surface area (Å²) >= 11 is 0. The van der Waals surface area contributed by atoms with Crippen LogP contribution in [0, 0.1) is 46.9 Å². The van der Waals surface area contributed by atoms with Crippen molar-refractivity contribution in [1.29, 1.82) is 0 Å². The Morgan fingerprint density at radius 2 is 1.79 bits per heavy atom. The Bertz CT molecular complexity index is 785. The second-order valence-corrected chi connectivity index (χ2v) is 10.8. The Morgan fingerprint density at radius 1 is 1.06 bits per heavy atom. The fraction of sp³-hybridized carbons (Fsp3) is 0.821. The van der Waals surface area contributed by atoms with Crippen LogP contribution in [0.15, 0.2) is 0 Å². The number of Topliss-reactive ketones (excluding diaryl/α,β-unsaturated/α-hetero) is 1. The maximum Gasteiger partial charge on any atom is 0.159 e. The summed E-state index contributed by atoms with van der Waals surface area (Å²) in [7, 11) is 0. The first-order valence-electron chi connectivity index (χ1n) is 12.9. The Morgan fingerprint density at radius 3 is 2.45 bits per heavy atom. The number of carbonyl (C=O) groups excluding carboxylic acids is 1. The number of ketones is 1. The van der Waals surface area contributed by atoms with Crippen LogP contribution in [-0.4, -0.2) is 43.8 Å². The molecule has 2 unspecified atom stereocenters. The van der Waals surface area contributed by atoms with Gasteiger partial charge in [0.05, 0.1) is 12.0 Å². The number of fused-ring (bicyclic) bond motifs is 1. The molecule has 0 aromatic heterocycles. The first-order valence-corrected chi connectivity index (χ1v) is 12.9. The van der Waals surface area contributed by atoms with Crippen LogP contribution in [-0.2, 0) is 23.7 Å². The van der Waals surface area contributed by atoms with E-state index in [-0.39, 0.29) is 42.0 Å². The molecule has 2 aliphatic heterocycles. The average Bonchev–Trinajstić information content (AvgIpc) is 3.32. The van der Waals surface area contributed by atoms with Gasteiger partial charge in [-0.25, -0.2) is 0 Å². The molecule has 2 aliphatic carbocycles. The molecule has 0 aromatic rings. The fourth-order valence-corrected chi connectivity index (χ4v) is 5.67. The lowest BCUT2D eigenvalue weighted by Gasteiger charge is -2.34. The van der Waals surface area contributed by atoms with E-state index in [0.717, 1.165) is 58.2 Å². The topological polar surface area (TPSA) is 54.0 Å². The number of ether oxygens (including phenoxy) is 4. The molecular formula is C28H40O5. The van der Waals surface area contributed by atoms with Gasteiger partial charge in [0.1, 0.15) is 11.9 Å². The Balaban J connectivity index is 1.53. The highest BCUT2D eigenvalue weighted by molar-refractivity contribution is 5.81. The maximum absolute atomic E-state index is 12.2. The summed E-state index contributed by atoms with van der Waals surface area (Å²) in [5.41, 5.74) is -0.233. The zero-order valence-corrected chi connectivity index (χ0v) is 20.6. The molecule has 7 atom stereocenters. The van der Waals surface area contributed by atoms with Gasteiger partial charge in [0.2, 0.25) is 0 Å². The first kappa shape index (κ1) is 24.7. The summed E-state index contributed by atoms with van der Waals surface area (Å²) in [5.74, 6) is 14.4. The monoisotopic (exact) mass is 456 g/mol. The van der Waals surface area contributed by atoms with E-state index in [1.807, 2.05) is 6.92 Å². The fourth-order valence-electron chi connectivity index (χ4n) is 5.67. The molecule has 182 valence electrons. The molecule has 0 spiro atoms. The molecular weight excluding hydrogens is 416 g/mol. The van der Waals surface area contributed by atoms with Gasteiger partial charge in [-0.15, -0.1) is 11.8 Å². The van der Waals surface area contributed by atoms with Crippen LogP contribution in [0.4, 0.5) is 0 Å². The van der Waals surface area contributed by atoms with Crippen LogP contribution in [0.5, 0.6) is 0 Å². The minimum Gasteiger partial charge on any atom is -0.353 e. The van der Waals surface area contributed by atoms with Gasteiger partial charge in [-0.05, 0) is 63.7 Å². The maximum atomic E-state index is 12.2. The summed E-state index contributed by atoms with van der Waals surface area (Å²) in [6.07, 6.45) is 8.58. The zero-order valence-electron chi connectivity index (χ0n) is 20.6. The third kappa shape index (κ3) is 6.40. The largest absolute Gasteiger partial charge is 0.353 e. The van der Waals surface area contributed by atoms with E-state index >= 15 is 0 Å². The van der Waals surface area contributed by atoms with E-state index in [4.69, 9.17) is 18.9 Å². The molecule has 2 saturated carbocycles. The van der Waals surface area contributed by atoms with Crippen molar-refractivity contribution in [1.82, 2.24) is 0 Å². The number of hydrogen-bond donors (Lipinski definition) is 0. The van der Waals surface area contributed by atoms with Crippen molar-refractivity contribution >= 4 is 5.78 Å². The Labute approximate surface area is 199 Å². The van der Waals surface area contributed by atoms with Gasteiger partial charge in [0, 0.05) is 37.9 Å². The van der Waals surface area contributed by atoms with Gasteiger partial charge in [-0.2, -0.15) is 0 Å². The lowest BCUT2D eigenvalue weighted by atomic mass is 9.82. The second kappa shape index (κ2) is 11.4. The number of hydrogen-bond acceptors (Lipinski definition) is 5. The van der Waals surface area contributed by atoms with Crippen LogP contribution in [0.1, 0.15) is 85.0 Å². The van der Waals surface area contributed by atoms with E-state index in [1.54, 1.807) is 0 Å². The smallest absolute Gasteiger partial charge is 0.159 e. The van der Waals surface area contributed by atoms with Crippen LogP contribution in [0.2, 0.25) is 0 Å². The highest BCUT2D eigenvalue weighted by Crippen LogP contribution is 2.48. The van der Waals surface area contributed by atoms with Gasteiger partial charge in [-0.3, -0.25) is 4.79 Å². The molecule has 0 radical (unpaired) electrons. The van der Waals surface area contributed by atoms with Crippen molar-refractivity contribution in [3.63, 3.8) is 0 Å². The molecule has 0 bridgehead atoms. The standard InChI is InChI=1S/C28H40O5/c1-4-5-14-28(2,3)25(33-27-11-7-9-16-31-27)13-12-22-23-19-21(29)17-20(23)18-24(22)32-26-10-6-8-15-30-26/h20,22-27H,6-11,14-19H2,1-3H3/t20-,22+,23-,24+,25+,26?,27?/m0/s1. The summed E-state index contributed by atoms with van der Waals surface area (Å²) in [4.78, 5) is 12.2. The van der Waals surface area contributed by atoms with Crippen LogP contribution < -0.4 is 0 Å². The third-order valence-electron chi connectivity index (χ3n) is 7.66. The van der Waals surface area contributed by atoms with E-state index in [1.165, 1.54) is 0 Å². The lowest BCUT2D eigenvalue weighted by molar-refractivity contribution is -0.194. The van der Waals surface area contributed by atoms with Crippen LogP contribution >= 0.6 is 0 Å². The van der Waals surface area contributed by atoms with Crippen molar-refractivity contribution in [3.05, 3.63) is 0 Å². The quantitative estimate of drug-likeness (QED) is 0.534. The van der Waals surface area contributed by atoms with Crippen LogP contribution in [0.3, 0.4) is 0 Å². The van der Waals surface area contributed by atoms with E-state index in [9.17, 15) is 4.79 Å². The van der Waals surface area contributed by atoms with Crippen LogP contribution in [0.25, 0.3) is 0 Å². The predicted molar refractivity (Wildman–Crippen MR) is 126 cm³/mol. The molecule has 0 amide bonds. The van der Waals surface area contributed by atoms with Crippen molar-refractivity contribution in [2.75, 3.05) is 13.2 Å². The molecule has 0 N–H and O–H groups in total. The Kier molecular flexibility index (Phi) is 8.53. The molecule has 4 rings (SSSR count). The molecule has 33 heavy (non-hydrogen) atoms. The van der Waals surface area contributed by atoms with Gasteiger partial charge in [0.25, 0.3) is 0 Å². The molecule has 0 aromatic carbocycles. The molecule has 4 aliphatic rings. The van der Waals surface area contributed by atoms with Gasteiger partial charge < -0.3 is 18.9 Å². The number of carbonyl (C=O) groups is 1. The summed E-state index contributed by atoms with van der Waals surface area (Å²) in [6.45, 7) is 7.71. The second-order valence-electron chi connectivity index (χ2n) is 10.8. The normalized spacial score (nSPS) is 35.2. The highest BCUT2D eigenvalue weighted by Gasteiger charge is 2.49. The summed E-state index contributed by atoms with van der Waals surface area (Å²) < 4.78 is 24.6. The van der Waals surface area contributed by atoms with Crippen molar-refractivity contribution in [2.45, 2.75) is 110 Å².